The summed E-state index contributed by atoms with van der Waals surface area (Å²) in [5.74, 6) is -0.125. The summed E-state index contributed by atoms with van der Waals surface area (Å²) in [5.41, 5.74) is -0.777. The number of unbranched alkanes of at least 4 members (excludes halogenated alkanes) is 1. The predicted molar refractivity (Wildman–Crippen MR) is 105 cm³/mol. The average molecular weight is 363 g/mol. The van der Waals surface area contributed by atoms with E-state index in [1.807, 2.05) is 18.0 Å². The quantitative estimate of drug-likeness (QED) is 0.727. The molecule has 0 aromatic carbocycles. The van der Waals surface area contributed by atoms with Crippen molar-refractivity contribution >= 4 is 23.2 Å². The zero-order valence-corrected chi connectivity index (χ0v) is 16.4. The van der Waals surface area contributed by atoms with Crippen LogP contribution in [0.15, 0.2) is 24.4 Å². The number of aliphatic carboxylic acids is 1. The van der Waals surface area contributed by atoms with Crippen LogP contribution in [0.4, 0.5) is 0 Å². The molecule has 2 rings (SSSR count). The summed E-state index contributed by atoms with van der Waals surface area (Å²) in [4.78, 5) is 18.8. The molecule has 1 aromatic heterocycles. The zero-order chi connectivity index (χ0) is 18.4. The van der Waals surface area contributed by atoms with Gasteiger partial charge in [0.25, 0.3) is 0 Å². The van der Waals surface area contributed by atoms with Crippen LogP contribution in [-0.2, 0) is 10.2 Å². The van der Waals surface area contributed by atoms with Gasteiger partial charge in [-0.1, -0.05) is 44.5 Å². The van der Waals surface area contributed by atoms with Gasteiger partial charge in [0.15, 0.2) is 5.41 Å². The lowest BCUT2D eigenvalue weighted by molar-refractivity contribution is -0.140. The lowest BCUT2D eigenvalue weighted by Crippen LogP contribution is -2.51. The summed E-state index contributed by atoms with van der Waals surface area (Å²) < 4.78 is 0. The third kappa shape index (κ3) is 4.38. The third-order valence-corrected chi connectivity index (χ3v) is 6.38. The van der Waals surface area contributed by atoms with Crippen molar-refractivity contribution in [1.29, 1.82) is 0 Å². The first-order valence-corrected chi connectivity index (χ1v) is 9.74. The maximum atomic E-state index is 12.1. The number of hydrogen-bond acceptors (Lipinski definition) is 3. The van der Waals surface area contributed by atoms with Crippen molar-refractivity contribution in [2.75, 3.05) is 7.05 Å². The van der Waals surface area contributed by atoms with Gasteiger partial charge in [-0.05, 0) is 50.7 Å². The molecule has 1 aromatic rings. The Hall–Kier alpha value is -1.49. The number of carboxylic acids is 1. The smallest absolute Gasteiger partial charge is 0.322 e. The van der Waals surface area contributed by atoms with E-state index in [2.05, 4.69) is 11.9 Å². The molecular formula is C20H30N2O2S. The van der Waals surface area contributed by atoms with Gasteiger partial charge in [0, 0.05) is 19.3 Å². The Kier molecular flexibility index (Phi) is 6.94. The first-order chi connectivity index (χ1) is 11.9. The lowest BCUT2D eigenvalue weighted by atomic mass is 9.81. The number of carbonyl (C=O) groups is 1. The highest BCUT2D eigenvalue weighted by Gasteiger charge is 2.44. The topological polar surface area (TPSA) is 53.4 Å². The second kappa shape index (κ2) is 8.75. The van der Waals surface area contributed by atoms with Crippen LogP contribution in [-0.4, -0.2) is 39.0 Å². The monoisotopic (exact) mass is 362 g/mol. The highest BCUT2D eigenvalue weighted by Crippen LogP contribution is 2.33. The van der Waals surface area contributed by atoms with Gasteiger partial charge in [-0.25, -0.2) is 0 Å². The van der Waals surface area contributed by atoms with Gasteiger partial charge in [0.1, 0.15) is 4.99 Å². The summed E-state index contributed by atoms with van der Waals surface area (Å²) in [6.45, 7) is 3.91. The second-order valence-corrected chi connectivity index (χ2v) is 7.76. The third-order valence-electron chi connectivity index (χ3n) is 5.68. The molecule has 1 aliphatic rings. The number of nitrogens with zero attached hydrogens (tertiary/aromatic N) is 2. The van der Waals surface area contributed by atoms with Crippen molar-refractivity contribution in [2.45, 2.75) is 70.3 Å². The molecule has 1 unspecified atom stereocenters. The van der Waals surface area contributed by atoms with Crippen LogP contribution in [0.2, 0.25) is 0 Å². The van der Waals surface area contributed by atoms with Gasteiger partial charge in [0.2, 0.25) is 0 Å². The SMILES string of the molecule is CCCCC1CCC(N(C)C(=S)C(C)(C(=O)O)c2ccccn2)CC1. The zero-order valence-electron chi connectivity index (χ0n) is 15.6. The van der Waals surface area contributed by atoms with Gasteiger partial charge in [-0.15, -0.1) is 0 Å². The van der Waals surface area contributed by atoms with Crippen molar-refractivity contribution in [3.8, 4) is 0 Å². The van der Waals surface area contributed by atoms with E-state index in [4.69, 9.17) is 12.2 Å². The number of thiocarbonyl (C=S) groups is 1. The van der Waals surface area contributed by atoms with Crippen LogP contribution >= 0.6 is 12.2 Å². The molecule has 0 saturated heterocycles. The summed E-state index contributed by atoms with van der Waals surface area (Å²) in [6, 6.07) is 5.67. The van der Waals surface area contributed by atoms with E-state index in [1.54, 1.807) is 25.3 Å². The maximum absolute atomic E-state index is 12.1. The molecule has 0 radical (unpaired) electrons. The van der Waals surface area contributed by atoms with Crippen LogP contribution in [0.25, 0.3) is 0 Å². The molecular weight excluding hydrogens is 332 g/mol. The van der Waals surface area contributed by atoms with Gasteiger partial charge in [-0.3, -0.25) is 9.78 Å². The molecule has 138 valence electrons. The number of hydrogen-bond donors (Lipinski definition) is 1. The van der Waals surface area contributed by atoms with E-state index < -0.39 is 11.4 Å². The number of aromatic nitrogens is 1. The van der Waals surface area contributed by atoms with Crippen molar-refractivity contribution in [1.82, 2.24) is 9.88 Å². The Morgan fingerprint density at radius 2 is 2.04 bits per heavy atom. The standard InChI is InChI=1S/C20H30N2O2S/c1-4-5-8-15-10-12-16(13-11-15)22(3)18(25)20(2,19(23)24)17-9-6-7-14-21-17/h6-7,9,14-16H,4-5,8,10-13H2,1-3H3,(H,23,24). The number of carboxylic acid groups (broad SMARTS) is 1. The normalized spacial score (nSPS) is 22.8. The predicted octanol–water partition coefficient (Wildman–Crippen LogP) is 4.43. The van der Waals surface area contributed by atoms with E-state index in [9.17, 15) is 9.90 Å². The van der Waals surface area contributed by atoms with Gasteiger partial charge >= 0.3 is 5.97 Å². The van der Waals surface area contributed by atoms with Crippen LogP contribution in [0.1, 0.15) is 64.5 Å². The highest BCUT2D eigenvalue weighted by molar-refractivity contribution is 7.80. The Bertz CT molecular complexity index is 585. The lowest BCUT2D eigenvalue weighted by Gasteiger charge is -2.40. The molecule has 1 saturated carbocycles. The van der Waals surface area contributed by atoms with Crippen molar-refractivity contribution < 1.29 is 9.90 Å². The molecule has 5 heteroatoms. The Morgan fingerprint density at radius 3 is 2.56 bits per heavy atom. The summed E-state index contributed by atoms with van der Waals surface area (Å²) in [6.07, 6.45) is 10.1. The highest BCUT2D eigenvalue weighted by atomic mass is 32.1. The molecule has 1 aliphatic carbocycles. The Morgan fingerprint density at radius 1 is 1.36 bits per heavy atom. The maximum Gasteiger partial charge on any atom is 0.322 e. The fourth-order valence-electron chi connectivity index (χ4n) is 3.80. The van der Waals surface area contributed by atoms with Crippen LogP contribution < -0.4 is 0 Å². The van der Waals surface area contributed by atoms with Gasteiger partial charge in [0.05, 0.1) is 5.69 Å². The molecule has 0 bridgehead atoms. The number of pyridine rings is 1. The molecule has 0 spiro atoms. The van der Waals surface area contributed by atoms with Crippen LogP contribution in [0, 0.1) is 5.92 Å². The van der Waals surface area contributed by atoms with E-state index in [0.717, 1.165) is 18.8 Å². The molecule has 0 amide bonds. The second-order valence-electron chi connectivity index (χ2n) is 7.38. The van der Waals surface area contributed by atoms with Crippen molar-refractivity contribution in [3.63, 3.8) is 0 Å². The van der Waals surface area contributed by atoms with Crippen molar-refractivity contribution in [3.05, 3.63) is 30.1 Å². The minimum absolute atomic E-state index is 0.327. The fraction of sp³-hybridized carbons (Fsp3) is 0.650. The Balaban J connectivity index is 2.09. The van der Waals surface area contributed by atoms with Crippen molar-refractivity contribution in [2.24, 2.45) is 5.92 Å². The minimum atomic E-state index is -1.27. The number of rotatable bonds is 7. The summed E-state index contributed by atoms with van der Waals surface area (Å²) in [7, 11) is 1.95. The van der Waals surface area contributed by atoms with Gasteiger partial charge in [-0.2, -0.15) is 0 Å². The minimum Gasteiger partial charge on any atom is -0.480 e. The first-order valence-electron chi connectivity index (χ1n) is 9.33. The molecule has 1 fully saturated rings. The molecule has 1 N–H and O–H groups in total. The molecule has 25 heavy (non-hydrogen) atoms. The van der Waals surface area contributed by atoms with Gasteiger partial charge < -0.3 is 10.0 Å². The van der Waals surface area contributed by atoms with E-state index in [0.29, 0.717) is 16.7 Å². The molecule has 0 aliphatic heterocycles. The average Bonchev–Trinajstić information content (AvgIpc) is 2.65. The first kappa shape index (κ1) is 19.8. The number of likely N-dealkylation sites (N-methyl/N-ethyl adjacent to an activating group) is 1. The largest absolute Gasteiger partial charge is 0.480 e. The summed E-state index contributed by atoms with van der Waals surface area (Å²) >= 11 is 5.66. The summed E-state index contributed by atoms with van der Waals surface area (Å²) in [5, 5.41) is 9.89. The van der Waals surface area contributed by atoms with E-state index in [1.165, 1.54) is 32.1 Å². The van der Waals surface area contributed by atoms with E-state index >= 15 is 0 Å². The molecule has 1 heterocycles. The fourth-order valence-corrected chi connectivity index (χ4v) is 4.14. The molecule has 1 atom stereocenters. The van der Waals surface area contributed by atoms with Crippen LogP contribution in [0.5, 0.6) is 0 Å². The Labute approximate surface area is 156 Å². The van der Waals surface area contributed by atoms with E-state index in [-0.39, 0.29) is 0 Å². The molecule has 4 nitrogen and oxygen atoms in total. The van der Waals surface area contributed by atoms with Crippen LogP contribution in [0.3, 0.4) is 0 Å².